The molecule has 0 heterocycles. The van der Waals surface area contributed by atoms with E-state index in [9.17, 15) is 0 Å². The Morgan fingerprint density at radius 1 is 1.13 bits per heavy atom. The Balaban J connectivity index is 2.72. The molecule has 1 aromatic carbocycles. The second kappa shape index (κ2) is 14.2. The molecule has 0 bridgehead atoms. The van der Waals surface area contributed by atoms with Gasteiger partial charge in [0.1, 0.15) is 5.75 Å². The van der Waals surface area contributed by atoms with Crippen molar-refractivity contribution in [2.45, 2.75) is 85.9 Å². The first-order valence-electron chi connectivity index (χ1n) is 11.3. The molecule has 1 rings (SSSR count). The third-order valence-electron chi connectivity index (χ3n) is 6.05. The summed E-state index contributed by atoms with van der Waals surface area (Å²) in [6.45, 7) is 18.6. The van der Waals surface area contributed by atoms with Gasteiger partial charge in [-0.3, -0.25) is 4.99 Å². The highest BCUT2D eigenvalue weighted by atomic mass is 16.5. The molecule has 0 aliphatic rings. The van der Waals surface area contributed by atoms with Crippen molar-refractivity contribution in [3.63, 3.8) is 0 Å². The maximum absolute atomic E-state index is 5.45. The van der Waals surface area contributed by atoms with E-state index in [1.165, 1.54) is 40.7 Å². The molecule has 0 saturated carbocycles. The van der Waals surface area contributed by atoms with Crippen LogP contribution >= 0.6 is 0 Å². The van der Waals surface area contributed by atoms with Gasteiger partial charge in [-0.05, 0) is 75.3 Å². The van der Waals surface area contributed by atoms with Crippen LogP contribution in [0.5, 0.6) is 5.75 Å². The first-order valence-corrected chi connectivity index (χ1v) is 11.3. The normalized spacial score (nSPS) is 14.5. The van der Waals surface area contributed by atoms with E-state index >= 15 is 0 Å². The molecule has 4 nitrogen and oxygen atoms in total. The fourth-order valence-electron chi connectivity index (χ4n) is 3.62. The number of aliphatic imine (C=N–C) groups is 1. The number of methoxy groups -OCH3 is 1. The fourth-order valence-corrected chi connectivity index (χ4v) is 3.62. The van der Waals surface area contributed by atoms with E-state index in [0.717, 1.165) is 31.7 Å². The van der Waals surface area contributed by atoms with Crippen molar-refractivity contribution in [3.8, 4) is 5.75 Å². The quantitative estimate of drug-likeness (QED) is 0.374. The number of rotatable bonds is 14. The van der Waals surface area contributed by atoms with Crippen molar-refractivity contribution < 1.29 is 4.74 Å². The van der Waals surface area contributed by atoms with Gasteiger partial charge in [-0.15, -0.1) is 0 Å². The van der Waals surface area contributed by atoms with Crippen LogP contribution < -0.4 is 15.4 Å². The SMILES string of the molecule is C=CN=C/C(C)=C(\C)CNC(CC)CC(CCC)NCc1ccc(OC)c(C)c1C. The summed E-state index contributed by atoms with van der Waals surface area (Å²) in [6, 6.07) is 5.26. The van der Waals surface area contributed by atoms with Crippen molar-refractivity contribution >= 4 is 6.21 Å². The Morgan fingerprint density at radius 2 is 1.87 bits per heavy atom. The van der Waals surface area contributed by atoms with Crippen LogP contribution in [0, 0.1) is 13.8 Å². The Labute approximate surface area is 184 Å². The van der Waals surface area contributed by atoms with Crippen LogP contribution in [0.3, 0.4) is 0 Å². The van der Waals surface area contributed by atoms with E-state index in [1.807, 2.05) is 6.21 Å². The highest BCUT2D eigenvalue weighted by Gasteiger charge is 2.15. The van der Waals surface area contributed by atoms with E-state index in [-0.39, 0.29) is 0 Å². The van der Waals surface area contributed by atoms with Crippen molar-refractivity contribution in [2.75, 3.05) is 13.7 Å². The van der Waals surface area contributed by atoms with Gasteiger partial charge in [-0.1, -0.05) is 38.5 Å². The topological polar surface area (TPSA) is 45.7 Å². The summed E-state index contributed by atoms with van der Waals surface area (Å²) in [7, 11) is 1.74. The maximum atomic E-state index is 5.45. The summed E-state index contributed by atoms with van der Waals surface area (Å²) in [5, 5.41) is 7.57. The number of ether oxygens (including phenoxy) is 1. The minimum absolute atomic E-state index is 0.492. The van der Waals surface area contributed by atoms with Gasteiger partial charge in [0.15, 0.2) is 0 Å². The van der Waals surface area contributed by atoms with Gasteiger partial charge in [0.25, 0.3) is 0 Å². The lowest BCUT2D eigenvalue weighted by Gasteiger charge is -2.25. The van der Waals surface area contributed by atoms with Gasteiger partial charge < -0.3 is 15.4 Å². The molecule has 0 aromatic heterocycles. The molecule has 4 heteroatoms. The van der Waals surface area contributed by atoms with E-state index in [2.05, 4.69) is 75.9 Å². The minimum Gasteiger partial charge on any atom is -0.496 e. The Hall–Kier alpha value is -1.91. The van der Waals surface area contributed by atoms with Gasteiger partial charge in [0, 0.05) is 37.6 Å². The first kappa shape index (κ1) is 26.1. The first-order chi connectivity index (χ1) is 14.4. The van der Waals surface area contributed by atoms with Crippen molar-refractivity contribution in [1.82, 2.24) is 10.6 Å². The van der Waals surface area contributed by atoms with Crippen LogP contribution in [0.4, 0.5) is 0 Å². The second-order valence-corrected chi connectivity index (χ2v) is 8.19. The minimum atomic E-state index is 0.492. The molecule has 2 N–H and O–H groups in total. The molecule has 0 radical (unpaired) electrons. The fraction of sp³-hybridized carbons (Fsp3) is 0.577. The average Bonchev–Trinajstić information content (AvgIpc) is 2.75. The Morgan fingerprint density at radius 3 is 2.47 bits per heavy atom. The molecule has 0 fully saturated rings. The number of nitrogens with one attached hydrogen (secondary N) is 2. The molecular weight excluding hydrogens is 370 g/mol. The lowest BCUT2D eigenvalue weighted by atomic mass is 9.98. The largest absolute Gasteiger partial charge is 0.496 e. The van der Waals surface area contributed by atoms with Gasteiger partial charge in [0.05, 0.1) is 7.11 Å². The zero-order valence-corrected chi connectivity index (χ0v) is 20.3. The zero-order valence-electron chi connectivity index (χ0n) is 20.3. The second-order valence-electron chi connectivity index (χ2n) is 8.19. The smallest absolute Gasteiger partial charge is 0.122 e. The summed E-state index contributed by atoms with van der Waals surface area (Å²) >= 11 is 0. The molecule has 0 aliphatic carbocycles. The number of nitrogens with zero attached hydrogens (tertiary/aromatic N) is 1. The van der Waals surface area contributed by atoms with Crippen molar-refractivity contribution in [1.29, 1.82) is 0 Å². The van der Waals surface area contributed by atoms with Crippen LogP contribution in [0.25, 0.3) is 0 Å². The van der Waals surface area contributed by atoms with E-state index in [4.69, 9.17) is 4.74 Å². The predicted octanol–water partition coefficient (Wildman–Crippen LogP) is 5.88. The molecule has 2 atom stereocenters. The summed E-state index contributed by atoms with van der Waals surface area (Å²) in [6.07, 6.45) is 8.08. The molecule has 0 saturated heterocycles. The molecule has 168 valence electrons. The number of benzene rings is 1. The van der Waals surface area contributed by atoms with Crippen molar-refractivity contribution in [2.24, 2.45) is 4.99 Å². The van der Waals surface area contributed by atoms with Gasteiger partial charge in [-0.2, -0.15) is 0 Å². The average molecular weight is 414 g/mol. The third-order valence-corrected chi connectivity index (χ3v) is 6.05. The summed E-state index contributed by atoms with van der Waals surface area (Å²) in [4.78, 5) is 4.13. The van der Waals surface area contributed by atoms with Crippen LogP contribution in [-0.4, -0.2) is 32.0 Å². The van der Waals surface area contributed by atoms with Gasteiger partial charge in [-0.25, -0.2) is 0 Å². The molecule has 0 spiro atoms. The van der Waals surface area contributed by atoms with E-state index in [0.29, 0.717) is 12.1 Å². The lowest BCUT2D eigenvalue weighted by molar-refractivity contribution is 0.371. The Bertz CT molecular complexity index is 721. The highest BCUT2D eigenvalue weighted by Crippen LogP contribution is 2.24. The number of hydrogen-bond donors (Lipinski definition) is 2. The standard InChI is InChI=1S/C26H43N3O/c1-9-12-25(29-18-23-13-14-26(30-8)22(7)21(23)6)15-24(10-2)28-17-20(5)19(4)16-27-11-3/h11,13-14,16,24-25,28-29H,3,9-10,12,15,17-18H2,1-2,4-8H3/b20-19+,27-16?. The molecule has 2 unspecified atom stereocenters. The Kier molecular flexibility index (Phi) is 12.3. The third kappa shape index (κ3) is 8.45. The van der Waals surface area contributed by atoms with Gasteiger partial charge >= 0.3 is 0 Å². The van der Waals surface area contributed by atoms with Crippen LogP contribution in [-0.2, 0) is 6.54 Å². The molecule has 30 heavy (non-hydrogen) atoms. The molecular formula is C26H43N3O. The van der Waals surface area contributed by atoms with Crippen molar-refractivity contribution in [3.05, 3.63) is 52.7 Å². The predicted molar refractivity (Wildman–Crippen MR) is 132 cm³/mol. The summed E-state index contributed by atoms with van der Waals surface area (Å²) in [5.74, 6) is 0.966. The van der Waals surface area contributed by atoms with Gasteiger partial charge in [0.2, 0.25) is 0 Å². The molecule has 1 aromatic rings. The number of hydrogen-bond acceptors (Lipinski definition) is 4. The van der Waals surface area contributed by atoms with Crippen LogP contribution in [0.2, 0.25) is 0 Å². The molecule has 0 aliphatic heterocycles. The maximum Gasteiger partial charge on any atom is 0.122 e. The monoisotopic (exact) mass is 413 g/mol. The summed E-state index contributed by atoms with van der Waals surface area (Å²) in [5.41, 5.74) is 6.43. The summed E-state index contributed by atoms with van der Waals surface area (Å²) < 4.78 is 5.45. The van der Waals surface area contributed by atoms with Crippen LogP contribution in [0.15, 0.2) is 41.1 Å². The zero-order chi connectivity index (χ0) is 22.5. The molecule has 0 amide bonds. The van der Waals surface area contributed by atoms with Crippen LogP contribution in [0.1, 0.15) is 70.1 Å². The highest BCUT2D eigenvalue weighted by molar-refractivity contribution is 5.79. The number of allylic oxidation sites excluding steroid dienone is 1. The lowest BCUT2D eigenvalue weighted by Crippen LogP contribution is -2.39. The van der Waals surface area contributed by atoms with E-state index < -0.39 is 0 Å². The van der Waals surface area contributed by atoms with E-state index in [1.54, 1.807) is 13.3 Å².